The molecule has 0 bridgehead atoms. The number of halogens is 1. The van der Waals surface area contributed by atoms with Crippen LogP contribution in [0.15, 0.2) is 30.3 Å². The van der Waals surface area contributed by atoms with Crippen molar-refractivity contribution in [2.75, 3.05) is 12.5 Å². The lowest BCUT2D eigenvalue weighted by Gasteiger charge is -2.29. The number of alkyl halides is 1. The van der Waals surface area contributed by atoms with Gasteiger partial charge in [0, 0.05) is 6.61 Å². The Morgan fingerprint density at radius 1 is 1.38 bits per heavy atom. The minimum Gasteiger partial charge on any atom is -0.376 e. The first-order chi connectivity index (χ1) is 11.6. The molecule has 1 aliphatic rings. The minimum atomic E-state index is -0.104. The minimum absolute atomic E-state index is 0.00152. The molecule has 1 fully saturated rings. The zero-order valence-electron chi connectivity index (χ0n) is 13.9. The molecule has 0 unspecified atom stereocenters. The number of carbonyl (C=O) groups is 1. The smallest absolute Gasteiger partial charge is 0.238 e. The third kappa shape index (κ3) is 3.44. The monoisotopic (exact) mass is 348 g/mol. The largest absolute Gasteiger partial charge is 0.376 e. The number of para-hydroxylation sites is 1. The van der Waals surface area contributed by atoms with Crippen LogP contribution in [0.25, 0.3) is 5.69 Å². The normalized spacial score (nSPS) is 20.3. The molecule has 0 N–H and O–H groups in total. The molecule has 2 heterocycles. The van der Waals surface area contributed by atoms with Crippen molar-refractivity contribution in [2.24, 2.45) is 0 Å². The maximum atomic E-state index is 12.3. The van der Waals surface area contributed by atoms with Gasteiger partial charge in [0.2, 0.25) is 5.91 Å². The molecule has 1 aliphatic heterocycles. The molecular formula is C17H21ClN4O2. The van der Waals surface area contributed by atoms with E-state index in [2.05, 4.69) is 10.2 Å². The lowest BCUT2D eigenvalue weighted by atomic mass is 10.1. The molecule has 7 heteroatoms. The van der Waals surface area contributed by atoms with E-state index in [-0.39, 0.29) is 23.9 Å². The second kappa shape index (κ2) is 7.32. The maximum absolute atomic E-state index is 12.3. The van der Waals surface area contributed by atoms with Crippen LogP contribution in [0.5, 0.6) is 0 Å². The molecule has 0 aliphatic carbocycles. The molecule has 0 saturated carbocycles. The number of hydrogen-bond donors (Lipinski definition) is 0. The highest BCUT2D eigenvalue weighted by Gasteiger charge is 2.33. The molecule has 2 aromatic rings. The van der Waals surface area contributed by atoms with Crippen LogP contribution < -0.4 is 0 Å². The van der Waals surface area contributed by atoms with Crippen LogP contribution in [0.4, 0.5) is 0 Å². The Hall–Kier alpha value is -1.92. The summed E-state index contributed by atoms with van der Waals surface area (Å²) in [5.74, 6) is -0.151. The van der Waals surface area contributed by atoms with Gasteiger partial charge in [-0.05, 0) is 32.4 Å². The van der Waals surface area contributed by atoms with E-state index < -0.39 is 0 Å². The highest BCUT2D eigenvalue weighted by Crippen LogP contribution is 2.22. The van der Waals surface area contributed by atoms with Crippen molar-refractivity contribution in [3.05, 3.63) is 41.7 Å². The summed E-state index contributed by atoms with van der Waals surface area (Å²) in [4.78, 5) is 15.7. The Kier molecular flexibility index (Phi) is 5.16. The van der Waals surface area contributed by atoms with Crippen LogP contribution in [0.1, 0.15) is 24.7 Å². The first-order valence-corrected chi connectivity index (χ1v) is 8.59. The van der Waals surface area contributed by atoms with Crippen LogP contribution in [0, 0.1) is 6.92 Å². The van der Waals surface area contributed by atoms with Gasteiger partial charge >= 0.3 is 0 Å². The number of hydrogen-bond acceptors (Lipinski definition) is 4. The van der Waals surface area contributed by atoms with Gasteiger partial charge in [-0.15, -0.1) is 11.6 Å². The van der Waals surface area contributed by atoms with E-state index in [0.29, 0.717) is 13.2 Å². The van der Waals surface area contributed by atoms with E-state index in [1.54, 1.807) is 9.70 Å². The van der Waals surface area contributed by atoms with E-state index in [1.807, 2.05) is 44.2 Å². The van der Waals surface area contributed by atoms with Crippen LogP contribution in [0.2, 0.25) is 0 Å². The number of rotatable bonds is 5. The molecule has 1 saturated heterocycles. The van der Waals surface area contributed by atoms with Crippen LogP contribution in [-0.4, -0.2) is 50.4 Å². The number of nitrogens with zero attached hydrogens (tertiary/aromatic N) is 4. The van der Waals surface area contributed by atoms with E-state index in [1.165, 1.54) is 0 Å². The summed E-state index contributed by atoms with van der Waals surface area (Å²) in [5.41, 5.74) is 2.47. The predicted octanol–water partition coefficient (Wildman–Crippen LogP) is 2.32. The van der Waals surface area contributed by atoms with Crippen molar-refractivity contribution in [3.8, 4) is 5.69 Å². The fraction of sp³-hybridized carbons (Fsp3) is 0.471. The molecule has 0 radical (unpaired) electrons. The standard InChI is InChI=1S/C17H21ClN4O2/c1-12-15(20-22(19-12)14-6-4-3-5-7-14)11-21(17(23)10-18)16-8-9-24-13(16)2/h3-7,13,16H,8-11H2,1-2H3/t13-,16-/m0/s1. The lowest BCUT2D eigenvalue weighted by Crippen LogP contribution is -2.44. The number of aryl methyl sites for hydroxylation is 1. The zero-order chi connectivity index (χ0) is 17.1. The number of carbonyl (C=O) groups excluding carboxylic acids is 1. The summed E-state index contributed by atoms with van der Waals surface area (Å²) in [5, 5.41) is 9.03. The Morgan fingerprint density at radius 3 is 2.75 bits per heavy atom. The highest BCUT2D eigenvalue weighted by atomic mass is 35.5. The van der Waals surface area contributed by atoms with Crippen molar-refractivity contribution in [3.63, 3.8) is 0 Å². The quantitative estimate of drug-likeness (QED) is 0.778. The van der Waals surface area contributed by atoms with Crippen molar-refractivity contribution in [1.29, 1.82) is 0 Å². The summed E-state index contributed by atoms with van der Waals surface area (Å²) in [6.45, 7) is 4.94. The van der Waals surface area contributed by atoms with E-state index in [4.69, 9.17) is 16.3 Å². The number of aromatic nitrogens is 3. The summed E-state index contributed by atoms with van der Waals surface area (Å²) in [6, 6.07) is 9.74. The van der Waals surface area contributed by atoms with Gasteiger partial charge < -0.3 is 9.64 Å². The van der Waals surface area contributed by atoms with E-state index in [9.17, 15) is 4.79 Å². The predicted molar refractivity (Wildman–Crippen MR) is 91.2 cm³/mol. The average Bonchev–Trinajstić information content (AvgIpc) is 3.18. The fourth-order valence-electron chi connectivity index (χ4n) is 2.99. The summed E-state index contributed by atoms with van der Waals surface area (Å²) in [7, 11) is 0. The number of ether oxygens (including phenoxy) is 1. The molecule has 1 aromatic carbocycles. The summed E-state index contributed by atoms with van der Waals surface area (Å²) < 4.78 is 5.61. The van der Waals surface area contributed by atoms with Gasteiger partial charge in [-0.25, -0.2) is 0 Å². The summed E-state index contributed by atoms with van der Waals surface area (Å²) >= 11 is 5.81. The third-order valence-electron chi connectivity index (χ3n) is 4.36. The van der Waals surface area contributed by atoms with Gasteiger partial charge in [-0.3, -0.25) is 4.79 Å². The van der Waals surface area contributed by atoms with E-state index in [0.717, 1.165) is 23.5 Å². The third-order valence-corrected chi connectivity index (χ3v) is 4.58. The Labute approximate surface area is 146 Å². The molecule has 128 valence electrons. The van der Waals surface area contributed by atoms with Gasteiger partial charge in [-0.2, -0.15) is 15.0 Å². The van der Waals surface area contributed by atoms with Crippen LogP contribution in [-0.2, 0) is 16.1 Å². The van der Waals surface area contributed by atoms with E-state index >= 15 is 0 Å². The first kappa shape index (κ1) is 16.9. The molecule has 1 aromatic heterocycles. The number of benzene rings is 1. The lowest BCUT2D eigenvalue weighted by molar-refractivity contribution is -0.132. The van der Waals surface area contributed by atoms with Gasteiger partial charge in [0.1, 0.15) is 11.6 Å². The Morgan fingerprint density at radius 2 is 2.12 bits per heavy atom. The maximum Gasteiger partial charge on any atom is 0.238 e. The topological polar surface area (TPSA) is 60.2 Å². The fourth-order valence-corrected chi connectivity index (χ4v) is 3.14. The van der Waals surface area contributed by atoms with Gasteiger partial charge in [-0.1, -0.05) is 18.2 Å². The molecular weight excluding hydrogens is 328 g/mol. The molecule has 3 rings (SSSR count). The van der Waals surface area contributed by atoms with Gasteiger partial charge in [0.15, 0.2) is 0 Å². The second-order valence-corrected chi connectivity index (χ2v) is 6.21. The zero-order valence-corrected chi connectivity index (χ0v) is 14.6. The Bertz CT molecular complexity index is 704. The SMILES string of the molecule is Cc1nn(-c2ccccc2)nc1CN(C(=O)CCl)[C@H]1CCO[C@H]1C. The van der Waals surface area contributed by atoms with Crippen LogP contribution >= 0.6 is 11.6 Å². The molecule has 24 heavy (non-hydrogen) atoms. The molecule has 0 spiro atoms. The van der Waals surface area contributed by atoms with Crippen molar-refractivity contribution in [1.82, 2.24) is 19.9 Å². The molecule has 1 amide bonds. The van der Waals surface area contributed by atoms with Crippen molar-refractivity contribution < 1.29 is 9.53 Å². The van der Waals surface area contributed by atoms with Crippen molar-refractivity contribution in [2.45, 2.75) is 39.0 Å². The first-order valence-electron chi connectivity index (χ1n) is 8.05. The Balaban J connectivity index is 1.85. The summed E-state index contributed by atoms with van der Waals surface area (Å²) in [6.07, 6.45) is 0.817. The van der Waals surface area contributed by atoms with Gasteiger partial charge in [0.25, 0.3) is 0 Å². The highest BCUT2D eigenvalue weighted by molar-refractivity contribution is 6.27. The average molecular weight is 349 g/mol. The van der Waals surface area contributed by atoms with Crippen molar-refractivity contribution >= 4 is 17.5 Å². The molecule has 6 nitrogen and oxygen atoms in total. The molecule has 2 atom stereocenters. The van der Waals surface area contributed by atoms with Crippen LogP contribution in [0.3, 0.4) is 0 Å². The second-order valence-electron chi connectivity index (χ2n) is 5.94. The number of amides is 1. The van der Waals surface area contributed by atoms with Gasteiger partial charge in [0.05, 0.1) is 30.1 Å².